The molecular formula is C105H145N17O27. The summed E-state index contributed by atoms with van der Waals surface area (Å²) < 4.78 is 88.5. The van der Waals surface area contributed by atoms with Gasteiger partial charge in [0.05, 0.1) is 221 Å². The van der Waals surface area contributed by atoms with Gasteiger partial charge in [-0.3, -0.25) is 52.5 Å². The van der Waals surface area contributed by atoms with Gasteiger partial charge in [0.1, 0.15) is 36.7 Å². The monoisotopic (exact) mass is 2080 g/mol. The lowest BCUT2D eigenvalue weighted by Gasteiger charge is -2.45. The largest absolute Gasteiger partial charge is 0.495 e. The maximum Gasteiger partial charge on any atom is 0.337 e. The zero-order valence-electron chi connectivity index (χ0n) is 85.8. The molecule has 1 saturated carbocycles. The number of nitrogens with one attached hydrogen (secondary N) is 9. The number of hydrogen-bond donors (Lipinski definition) is 11. The van der Waals surface area contributed by atoms with Gasteiger partial charge in [-0.15, -0.1) is 0 Å². The smallest absolute Gasteiger partial charge is 0.337 e. The third-order valence-corrected chi connectivity index (χ3v) is 25.1. The summed E-state index contributed by atoms with van der Waals surface area (Å²) in [5.74, 6) is 1.62. The first-order valence-corrected chi connectivity index (χ1v) is 50.7. The number of aryl methyl sites for hydroxylation is 1. The first kappa shape index (κ1) is 117. The Kier molecular flexibility index (Phi) is 49.9. The van der Waals surface area contributed by atoms with E-state index >= 15 is 0 Å². The predicted molar refractivity (Wildman–Crippen MR) is 551 cm³/mol. The van der Waals surface area contributed by atoms with Crippen LogP contribution in [0.4, 0.5) is 5.95 Å². The molecule has 44 nitrogen and oxygen atoms in total. The first-order valence-electron chi connectivity index (χ1n) is 50.7. The Morgan fingerprint density at radius 3 is 1.77 bits per heavy atom. The minimum atomic E-state index is -1.45. The minimum absolute atomic E-state index is 0.0504. The fourth-order valence-corrected chi connectivity index (χ4v) is 16.8. The van der Waals surface area contributed by atoms with Crippen molar-refractivity contribution in [1.29, 1.82) is 0 Å². The van der Waals surface area contributed by atoms with E-state index in [2.05, 4.69) is 76.1 Å². The third-order valence-electron chi connectivity index (χ3n) is 25.1. The summed E-state index contributed by atoms with van der Waals surface area (Å²) in [6.07, 6.45) is 10.3. The van der Waals surface area contributed by atoms with E-state index in [1.807, 2.05) is 66.9 Å². The van der Waals surface area contributed by atoms with E-state index in [4.69, 9.17) is 86.8 Å². The molecule has 4 aromatic heterocycles. The van der Waals surface area contributed by atoms with Crippen LogP contribution in [0.25, 0.3) is 38.6 Å². The lowest BCUT2D eigenvalue weighted by Crippen LogP contribution is -2.55. The number of carbonyl (C=O) groups is 8. The van der Waals surface area contributed by atoms with Gasteiger partial charge in [-0.1, -0.05) is 78.6 Å². The molecule has 6 heterocycles. The van der Waals surface area contributed by atoms with Crippen molar-refractivity contribution in [3.05, 3.63) is 181 Å². The first-order chi connectivity index (χ1) is 72.4. The summed E-state index contributed by atoms with van der Waals surface area (Å²) in [6, 6.07) is 29.4. The van der Waals surface area contributed by atoms with Crippen LogP contribution in [-0.2, 0) is 130 Å². The number of aromatic nitrogens is 6. The van der Waals surface area contributed by atoms with Crippen LogP contribution in [0.3, 0.4) is 0 Å². The number of amides is 7. The van der Waals surface area contributed by atoms with Crippen LogP contribution in [0.2, 0.25) is 0 Å². The number of nitrogens with zero attached hydrogens (tertiary/aromatic N) is 7. The highest BCUT2D eigenvalue weighted by molar-refractivity contribution is 5.98. The number of likely N-dealkylation sites (tertiary alicyclic amines) is 1. The summed E-state index contributed by atoms with van der Waals surface area (Å²) in [5, 5.41) is 32.7. The average Bonchev–Trinajstić information content (AvgIpc) is 1.73. The Morgan fingerprint density at radius 1 is 0.597 bits per heavy atom. The Labute approximate surface area is 865 Å². The number of rotatable bonds is 71. The van der Waals surface area contributed by atoms with E-state index in [9.17, 15) is 57.8 Å². The molecule has 4 aromatic carbocycles. The topological polar surface area (TPSA) is 532 Å². The zero-order chi connectivity index (χ0) is 106. The number of carbonyl (C=O) groups excluding carboxylic acids is 7. The molecule has 8 aromatic rings. The Balaban J connectivity index is 0.591. The Morgan fingerprint density at radius 2 is 1.18 bits per heavy atom. The SMILES string of the molecule is COCCOCCOCCOCCOCCOCCOCCOCCOCCOCCOCCOCCC(=O)NCCCC[C@H](N)C(=O)NCC(=O)N[C@@H](Cc1ccccc1)C(=O)NCC(=O)NCOC[C@](OC1CC1)(c1ccccc1)c1nc(N2CCC(N3CCC(C)(NCC#Cc4ccc(OC)c(-n5ccc(=O)n(CNC(=O)[C@H](CC(=O)O)NC(C)=O)c5=O)c4)CC3)CC2)nc2ccc(-c3cn(C)c(=O)c4[nH]ccc34)cc12. The zero-order valence-corrected chi connectivity index (χ0v) is 85.8. The standard InChI is InChI=1S/C105H145N17O27/c1-75(123)114-88(68-95(128)129)100(132)111-73-122-94(127)30-39-121(103(122)134)89-66-77(21-26-90(89)136-5)17-14-35-113-104(2)32-40-119(41-33-104)80-28-37-120(38-29-80)102-116-86-25-22-78(84-71-118(3)101(133)96-82(84)27-36-108-96)67-83(86)97(117-102)105(149-81-23-24-81,79-18-10-7-11-19-79)72-148-74-112-92(125)69-110-99(131)87(65-76-15-8-6-9-16-76)115-93(126)70-109-98(130)85(106)20-12-13-34-107-91(124)31-42-137-45-46-139-49-50-141-53-54-143-57-58-145-61-62-147-64-63-146-60-59-144-56-55-142-52-51-140-48-47-138-44-43-135-4/h6-11,15-16,18-19,21-22,25-27,30,36,39,66-67,71,80-81,85,87-88,108,113H,12-13,20,23-24,28-29,31-35,37-38,40-65,68-70,72-74,106H2,1-5H3,(H,107,124)(H,109,130)(H,110,131)(H,111,132)(H,112,125)(H,114,123)(H,115,126)(H,128,129)/t85-,87-,88-,105-/m0/s1. The highest BCUT2D eigenvalue weighted by Crippen LogP contribution is 2.44. The molecule has 4 atom stereocenters. The molecular weight excluding hydrogens is 1930 g/mol. The molecule has 2 aliphatic heterocycles. The fraction of sp³-hybridized carbons (Fsp3) is 0.552. The van der Waals surface area contributed by atoms with Crippen molar-refractivity contribution in [2.24, 2.45) is 12.8 Å². The number of anilines is 1. The second kappa shape index (κ2) is 63.6. The summed E-state index contributed by atoms with van der Waals surface area (Å²) in [5.41, 5.74) is 8.30. The number of unbranched alkanes of at least 4 members (excludes halogenated alkanes) is 1. The molecule has 0 bridgehead atoms. The Hall–Kier alpha value is -12.4. The van der Waals surface area contributed by atoms with Gasteiger partial charge >= 0.3 is 11.7 Å². The summed E-state index contributed by atoms with van der Waals surface area (Å²) >= 11 is 0. The van der Waals surface area contributed by atoms with Crippen LogP contribution >= 0.6 is 0 Å². The predicted octanol–water partition coefficient (Wildman–Crippen LogP) is 2.62. The molecule has 812 valence electrons. The second-order valence-corrected chi connectivity index (χ2v) is 36.3. The summed E-state index contributed by atoms with van der Waals surface area (Å²) in [7, 11) is 4.78. The van der Waals surface area contributed by atoms with E-state index in [1.165, 1.54) is 17.9 Å². The van der Waals surface area contributed by atoms with E-state index in [0.29, 0.717) is 229 Å². The number of aliphatic carboxylic acids is 1. The summed E-state index contributed by atoms with van der Waals surface area (Å²) in [4.78, 5) is 163. The van der Waals surface area contributed by atoms with E-state index < -0.39 is 103 Å². The number of benzene rings is 4. The van der Waals surface area contributed by atoms with Crippen LogP contribution in [0, 0.1) is 11.8 Å². The lowest BCUT2D eigenvalue weighted by atomic mass is 9.87. The lowest BCUT2D eigenvalue weighted by molar-refractivity contribution is -0.140. The fourth-order valence-electron chi connectivity index (χ4n) is 16.8. The molecule has 149 heavy (non-hydrogen) atoms. The number of hydrogen-bond acceptors (Lipinski definition) is 32. The quantitative estimate of drug-likeness (QED) is 0.0148. The molecule has 11 rings (SSSR count). The molecule has 0 unspecified atom stereocenters. The normalized spacial score (nSPS) is 14.7. The number of ether oxygens (including phenoxy) is 15. The Bertz CT molecular complexity index is 5770. The van der Waals surface area contributed by atoms with Gasteiger partial charge in [0.15, 0.2) is 5.60 Å². The van der Waals surface area contributed by atoms with Crippen molar-refractivity contribution in [2.75, 3.05) is 237 Å². The number of piperidine rings is 2. The molecule has 1 aliphatic carbocycles. The van der Waals surface area contributed by atoms with Gasteiger partial charge in [0.25, 0.3) is 11.1 Å². The maximum atomic E-state index is 14.1. The molecule has 12 N–H and O–H groups in total. The van der Waals surface area contributed by atoms with Crippen molar-refractivity contribution in [3.63, 3.8) is 0 Å². The van der Waals surface area contributed by atoms with Gasteiger partial charge in [-0.25, -0.2) is 19.3 Å². The second-order valence-electron chi connectivity index (χ2n) is 36.3. The maximum absolute atomic E-state index is 14.1. The van der Waals surface area contributed by atoms with Crippen LogP contribution in [0.15, 0.2) is 142 Å². The molecule has 3 fully saturated rings. The molecule has 3 aliphatic rings. The number of nitrogens with two attached hydrogens (primary N) is 1. The van der Waals surface area contributed by atoms with Crippen LogP contribution < -0.4 is 74.7 Å². The summed E-state index contributed by atoms with van der Waals surface area (Å²) in [6.45, 7) is 15.0. The van der Waals surface area contributed by atoms with Crippen molar-refractivity contribution in [2.45, 2.75) is 139 Å². The number of carboxylic acids is 1. The van der Waals surface area contributed by atoms with Crippen molar-refractivity contribution in [1.82, 2.24) is 76.1 Å². The average molecular weight is 2080 g/mol. The van der Waals surface area contributed by atoms with Gasteiger partial charge in [0.2, 0.25) is 47.3 Å². The molecule has 0 spiro atoms. The van der Waals surface area contributed by atoms with Crippen molar-refractivity contribution in [3.8, 4) is 34.4 Å². The number of H-pyrrole nitrogens is 1. The molecule has 7 amide bonds. The highest BCUT2D eigenvalue weighted by atomic mass is 16.6. The highest BCUT2D eigenvalue weighted by Gasteiger charge is 2.46. The number of pyridine rings is 1. The van der Waals surface area contributed by atoms with E-state index in [-0.39, 0.29) is 74.0 Å². The van der Waals surface area contributed by atoms with Crippen LogP contribution in [-0.4, -0.2) is 354 Å². The molecule has 0 radical (unpaired) electrons. The van der Waals surface area contributed by atoms with Crippen molar-refractivity contribution < 1.29 is 115 Å². The van der Waals surface area contributed by atoms with Crippen molar-refractivity contribution >= 4 is 75.1 Å². The third kappa shape index (κ3) is 39.2. The number of methoxy groups -OCH3 is 2. The number of aromatic amines is 1. The van der Waals surface area contributed by atoms with Gasteiger partial charge < -0.3 is 144 Å². The van der Waals surface area contributed by atoms with Gasteiger partial charge in [0, 0.05) is 125 Å². The van der Waals surface area contributed by atoms with E-state index in [1.54, 1.807) is 67.4 Å². The minimum Gasteiger partial charge on any atom is -0.495 e. The van der Waals surface area contributed by atoms with E-state index in [0.717, 1.165) is 91.2 Å². The molecule has 2 saturated heterocycles. The van der Waals surface area contributed by atoms with Gasteiger partial charge in [-0.2, -0.15) is 0 Å². The number of fused-ring (bicyclic) bond motifs is 2. The molecule has 44 heteroatoms. The van der Waals surface area contributed by atoms with Gasteiger partial charge in [-0.05, 0) is 118 Å². The van der Waals surface area contributed by atoms with Crippen LogP contribution in [0.1, 0.15) is 107 Å². The number of carboxylic acid groups (broad SMARTS) is 1. The van der Waals surface area contributed by atoms with Crippen LogP contribution in [0.5, 0.6) is 5.75 Å².